The van der Waals surface area contributed by atoms with Crippen LogP contribution < -0.4 is 5.73 Å². The van der Waals surface area contributed by atoms with E-state index in [9.17, 15) is 8.42 Å². The van der Waals surface area contributed by atoms with Crippen LogP contribution in [0.25, 0.3) is 11.4 Å². The maximum atomic E-state index is 10.8. The van der Waals surface area contributed by atoms with Gasteiger partial charge in [0.05, 0.1) is 11.9 Å². The lowest BCUT2D eigenvalue weighted by Gasteiger charge is -2.00. The van der Waals surface area contributed by atoms with Crippen LogP contribution in [0.4, 0.5) is 5.69 Å². The lowest BCUT2D eigenvalue weighted by molar-refractivity contribution is 0.614. The van der Waals surface area contributed by atoms with Crippen molar-refractivity contribution in [1.82, 2.24) is 20.2 Å². The Bertz CT molecular complexity index is 596. The highest BCUT2D eigenvalue weighted by molar-refractivity contribution is 7.72. The second kappa shape index (κ2) is 3.89. The summed E-state index contributed by atoms with van der Waals surface area (Å²) >= 11 is 0. The molecule has 8 heteroatoms. The summed E-state index contributed by atoms with van der Waals surface area (Å²) in [5, 5.41) is 11.4. The summed E-state index contributed by atoms with van der Waals surface area (Å²) < 4.78 is 21.7. The summed E-state index contributed by atoms with van der Waals surface area (Å²) in [6, 6.07) is 4.37. The molecule has 0 fully saturated rings. The van der Waals surface area contributed by atoms with Gasteiger partial charge in [0, 0.05) is 11.3 Å². The molecule has 0 radical (unpaired) electrons. The van der Waals surface area contributed by atoms with Gasteiger partial charge in [-0.15, -0.1) is 10.2 Å². The Morgan fingerprint density at radius 1 is 1.38 bits per heavy atom. The van der Waals surface area contributed by atoms with Gasteiger partial charge >= 0.3 is 0 Å². The average molecular weight is 239 g/mol. The molecule has 2 rings (SSSR count). The summed E-state index contributed by atoms with van der Waals surface area (Å²) in [4.78, 5) is 1.45. The number of thiol groups is 1. The van der Waals surface area contributed by atoms with Crippen LogP contribution in [0.15, 0.2) is 23.1 Å². The summed E-state index contributed by atoms with van der Waals surface area (Å²) in [5.41, 5.74) is 6.59. The first-order valence-electron chi connectivity index (χ1n) is 4.36. The van der Waals surface area contributed by atoms with Gasteiger partial charge in [-0.05, 0) is 23.4 Å². The normalized spacial score (nSPS) is 10.9. The number of hydrogen-bond donors (Lipinski definition) is 2. The number of benzene rings is 1. The van der Waals surface area contributed by atoms with E-state index in [0.717, 1.165) is 0 Å². The van der Waals surface area contributed by atoms with Crippen molar-refractivity contribution in [1.29, 1.82) is 0 Å². The van der Waals surface area contributed by atoms with E-state index in [4.69, 9.17) is 5.73 Å². The Balaban J connectivity index is 2.59. The fraction of sp³-hybridized carbons (Fsp3) is 0.125. The van der Waals surface area contributed by atoms with Gasteiger partial charge in [-0.3, -0.25) is 0 Å². The number of tetrazole rings is 1. The molecule has 2 N–H and O–H groups in total. The lowest BCUT2D eigenvalue weighted by Crippen LogP contribution is -1.95. The Morgan fingerprint density at radius 2 is 2.12 bits per heavy atom. The number of hydrogen-bond acceptors (Lipinski definition) is 6. The zero-order chi connectivity index (χ0) is 11.7. The smallest absolute Gasteiger partial charge is 0.207 e. The molecule has 0 spiro atoms. The third kappa shape index (κ3) is 1.87. The quantitative estimate of drug-likeness (QED) is 0.537. The molecule has 0 unspecified atom stereocenters. The van der Waals surface area contributed by atoms with Crippen LogP contribution in [-0.2, 0) is 17.8 Å². The summed E-state index contributed by atoms with van der Waals surface area (Å²) in [6.07, 6.45) is 0. The van der Waals surface area contributed by atoms with E-state index in [-0.39, 0.29) is 4.90 Å². The van der Waals surface area contributed by atoms with Crippen molar-refractivity contribution < 1.29 is 8.42 Å². The molecule has 2 aromatic rings. The molecule has 1 aromatic heterocycles. The van der Waals surface area contributed by atoms with Crippen LogP contribution in [-0.4, -0.2) is 28.6 Å². The van der Waals surface area contributed by atoms with Crippen LogP contribution in [0.5, 0.6) is 0 Å². The SMILES string of the molecule is Cn1nnc(-c2cc([SH](=O)=O)ccc2N)n1. The molecule has 0 bridgehead atoms. The van der Waals surface area contributed by atoms with Crippen molar-refractivity contribution in [2.45, 2.75) is 4.90 Å². The van der Waals surface area contributed by atoms with Crippen molar-refractivity contribution in [2.75, 3.05) is 5.73 Å². The molecule has 7 nitrogen and oxygen atoms in total. The Hall–Kier alpha value is -1.96. The number of aromatic nitrogens is 4. The average Bonchev–Trinajstić information content (AvgIpc) is 2.65. The Kier molecular flexibility index (Phi) is 2.57. The van der Waals surface area contributed by atoms with Crippen LogP contribution in [0.1, 0.15) is 0 Å². The molecule has 0 aliphatic heterocycles. The molecule has 1 heterocycles. The van der Waals surface area contributed by atoms with Crippen molar-refractivity contribution in [3.63, 3.8) is 0 Å². The van der Waals surface area contributed by atoms with Crippen LogP contribution in [0.2, 0.25) is 0 Å². The molecule has 0 aliphatic rings. The molecule has 0 saturated heterocycles. The van der Waals surface area contributed by atoms with E-state index in [0.29, 0.717) is 17.1 Å². The molecule has 0 amide bonds. The third-order valence-corrected chi connectivity index (χ3v) is 2.70. The van der Waals surface area contributed by atoms with E-state index in [2.05, 4.69) is 15.4 Å². The number of nitrogens with two attached hydrogens (primary N) is 1. The predicted molar refractivity (Wildman–Crippen MR) is 57.2 cm³/mol. The second-order valence-electron chi connectivity index (χ2n) is 3.13. The van der Waals surface area contributed by atoms with Gasteiger partial charge < -0.3 is 5.73 Å². The topological polar surface area (TPSA) is 104 Å². The fourth-order valence-corrected chi connectivity index (χ4v) is 1.67. The van der Waals surface area contributed by atoms with Gasteiger partial charge in [0.15, 0.2) is 10.7 Å². The number of aryl methyl sites for hydroxylation is 1. The highest BCUT2D eigenvalue weighted by Crippen LogP contribution is 2.23. The summed E-state index contributed by atoms with van der Waals surface area (Å²) in [5.74, 6) is 0.304. The van der Waals surface area contributed by atoms with Crippen molar-refractivity contribution in [3.8, 4) is 11.4 Å². The van der Waals surface area contributed by atoms with Crippen molar-refractivity contribution in [2.24, 2.45) is 7.05 Å². The van der Waals surface area contributed by atoms with Crippen molar-refractivity contribution >= 4 is 16.4 Å². The van der Waals surface area contributed by atoms with Crippen molar-refractivity contribution in [3.05, 3.63) is 18.2 Å². The Labute approximate surface area is 92.8 Å². The minimum atomic E-state index is -2.65. The monoisotopic (exact) mass is 239 g/mol. The minimum Gasteiger partial charge on any atom is -0.398 e. The first-order chi connectivity index (χ1) is 7.58. The van der Waals surface area contributed by atoms with Gasteiger partial charge in [0.25, 0.3) is 0 Å². The standard InChI is InChI=1S/C8H9N5O2S/c1-13-11-8(10-12-13)6-4-5(16(14)15)2-3-7(6)9/h2-4,16H,9H2,1H3. The third-order valence-electron chi connectivity index (χ3n) is 2.00. The van der Waals surface area contributed by atoms with Crippen LogP contribution in [0.3, 0.4) is 0 Å². The van der Waals surface area contributed by atoms with Gasteiger partial charge in [0.2, 0.25) is 5.82 Å². The van der Waals surface area contributed by atoms with E-state index < -0.39 is 10.7 Å². The zero-order valence-corrected chi connectivity index (χ0v) is 9.26. The molecule has 1 aromatic carbocycles. The van der Waals surface area contributed by atoms with E-state index >= 15 is 0 Å². The molecular formula is C8H9N5O2S. The van der Waals surface area contributed by atoms with Crippen LogP contribution >= 0.6 is 0 Å². The van der Waals surface area contributed by atoms with E-state index in [1.165, 1.54) is 23.0 Å². The number of nitrogens with zero attached hydrogens (tertiary/aromatic N) is 4. The molecular weight excluding hydrogens is 230 g/mol. The van der Waals surface area contributed by atoms with E-state index in [1.54, 1.807) is 7.05 Å². The van der Waals surface area contributed by atoms with Gasteiger partial charge in [-0.1, -0.05) is 0 Å². The Morgan fingerprint density at radius 3 is 2.69 bits per heavy atom. The number of anilines is 1. The highest BCUT2D eigenvalue weighted by Gasteiger charge is 2.10. The maximum absolute atomic E-state index is 10.8. The molecule has 84 valence electrons. The molecule has 0 aliphatic carbocycles. The first kappa shape index (κ1) is 10.6. The fourth-order valence-electron chi connectivity index (χ4n) is 1.24. The van der Waals surface area contributed by atoms with Crippen LogP contribution in [0, 0.1) is 0 Å². The number of rotatable bonds is 2. The number of nitrogen functional groups attached to an aromatic ring is 1. The zero-order valence-electron chi connectivity index (χ0n) is 8.36. The maximum Gasteiger partial charge on any atom is 0.207 e. The minimum absolute atomic E-state index is 0.173. The largest absolute Gasteiger partial charge is 0.398 e. The predicted octanol–water partition coefficient (Wildman–Crippen LogP) is -0.570. The van der Waals surface area contributed by atoms with Gasteiger partial charge in [0.1, 0.15) is 0 Å². The lowest BCUT2D eigenvalue weighted by atomic mass is 10.2. The summed E-state index contributed by atoms with van der Waals surface area (Å²) in [7, 11) is -1.03. The first-order valence-corrected chi connectivity index (χ1v) is 5.54. The highest BCUT2D eigenvalue weighted by atomic mass is 32.2. The van der Waals surface area contributed by atoms with E-state index in [1.807, 2.05) is 0 Å². The molecule has 0 saturated carbocycles. The van der Waals surface area contributed by atoms with Gasteiger partial charge in [-0.2, -0.15) is 4.80 Å². The summed E-state index contributed by atoms with van der Waals surface area (Å²) in [6.45, 7) is 0. The van der Waals surface area contributed by atoms with Gasteiger partial charge in [-0.25, -0.2) is 8.42 Å². The molecule has 16 heavy (non-hydrogen) atoms. The second-order valence-corrected chi connectivity index (χ2v) is 4.16. The molecule has 0 atom stereocenters.